The van der Waals surface area contributed by atoms with Crippen molar-refractivity contribution >= 4 is 11.3 Å². The van der Waals surface area contributed by atoms with Gasteiger partial charge in [0.2, 0.25) is 0 Å². The van der Waals surface area contributed by atoms with E-state index >= 15 is 0 Å². The van der Waals surface area contributed by atoms with E-state index in [4.69, 9.17) is 0 Å². The van der Waals surface area contributed by atoms with Crippen molar-refractivity contribution in [2.75, 3.05) is 32.7 Å². The summed E-state index contributed by atoms with van der Waals surface area (Å²) in [4.78, 5) is 8.35. The number of nitrogens with zero attached hydrogens (tertiary/aromatic N) is 2. The van der Waals surface area contributed by atoms with E-state index in [1.54, 1.807) is 0 Å². The predicted molar refractivity (Wildman–Crippen MR) is 86.2 cm³/mol. The largest absolute Gasteiger partial charge is 0.312 e. The van der Waals surface area contributed by atoms with E-state index in [0.29, 0.717) is 0 Å². The zero-order valence-corrected chi connectivity index (χ0v) is 13.4. The molecule has 1 aromatic rings. The summed E-state index contributed by atoms with van der Waals surface area (Å²) < 4.78 is 0. The van der Waals surface area contributed by atoms with Crippen molar-refractivity contribution in [3.05, 3.63) is 21.9 Å². The Kier molecular flexibility index (Phi) is 5.10. The van der Waals surface area contributed by atoms with Gasteiger partial charge in [-0.3, -0.25) is 9.80 Å². The molecule has 1 unspecified atom stereocenters. The van der Waals surface area contributed by atoms with Crippen molar-refractivity contribution in [3.63, 3.8) is 0 Å². The van der Waals surface area contributed by atoms with Gasteiger partial charge < -0.3 is 5.32 Å². The third-order valence-electron chi connectivity index (χ3n) is 4.49. The minimum Gasteiger partial charge on any atom is -0.312 e. The molecule has 0 aromatic carbocycles. The molecule has 0 aliphatic carbocycles. The van der Waals surface area contributed by atoms with Gasteiger partial charge >= 0.3 is 0 Å². The van der Waals surface area contributed by atoms with Gasteiger partial charge in [0, 0.05) is 48.5 Å². The van der Waals surface area contributed by atoms with Gasteiger partial charge in [-0.05, 0) is 44.5 Å². The highest BCUT2D eigenvalue weighted by Gasteiger charge is 2.30. The van der Waals surface area contributed by atoms with Crippen LogP contribution in [0.2, 0.25) is 0 Å². The molecule has 2 saturated heterocycles. The monoisotopic (exact) mass is 293 g/mol. The molecular weight excluding hydrogens is 266 g/mol. The van der Waals surface area contributed by atoms with Crippen LogP contribution in [0, 0.1) is 0 Å². The summed E-state index contributed by atoms with van der Waals surface area (Å²) in [6.07, 6.45) is 4.03. The van der Waals surface area contributed by atoms with Crippen LogP contribution in [-0.4, -0.2) is 48.6 Å². The second-order valence-corrected chi connectivity index (χ2v) is 7.36. The van der Waals surface area contributed by atoms with Crippen molar-refractivity contribution in [2.24, 2.45) is 0 Å². The van der Waals surface area contributed by atoms with Gasteiger partial charge in [-0.2, -0.15) is 0 Å². The zero-order valence-electron chi connectivity index (χ0n) is 12.6. The molecule has 4 heteroatoms. The maximum atomic E-state index is 3.49. The summed E-state index contributed by atoms with van der Waals surface area (Å²) >= 11 is 1.98. The number of nitrogens with one attached hydrogen (secondary N) is 1. The Balaban J connectivity index is 1.48. The maximum Gasteiger partial charge on any atom is 0.0329 e. The molecule has 3 nitrogen and oxygen atoms in total. The van der Waals surface area contributed by atoms with Crippen molar-refractivity contribution in [1.82, 2.24) is 15.1 Å². The van der Waals surface area contributed by atoms with Gasteiger partial charge in [0.15, 0.2) is 0 Å². The quantitative estimate of drug-likeness (QED) is 0.813. The fraction of sp³-hybridized carbons (Fsp3) is 0.750. The Morgan fingerprint density at radius 2 is 2.15 bits per heavy atom. The van der Waals surface area contributed by atoms with Crippen LogP contribution in [0.1, 0.15) is 35.9 Å². The van der Waals surface area contributed by atoms with Crippen LogP contribution in [0.4, 0.5) is 0 Å². The van der Waals surface area contributed by atoms with Crippen molar-refractivity contribution < 1.29 is 0 Å². The number of rotatable bonds is 6. The van der Waals surface area contributed by atoms with Crippen molar-refractivity contribution in [3.8, 4) is 0 Å². The standard InChI is InChI=1S/C16H27N3S/c1-2-7-17-11-15-5-6-16(20-15)13-18-9-10-19-8-3-4-14(19)12-18/h5-6,14,17H,2-4,7-13H2,1H3. The Hall–Kier alpha value is -0.420. The van der Waals surface area contributed by atoms with Gasteiger partial charge in [0.1, 0.15) is 0 Å². The Bertz CT molecular complexity index is 418. The lowest BCUT2D eigenvalue weighted by molar-refractivity contribution is 0.100. The summed E-state index contributed by atoms with van der Waals surface area (Å²) in [6, 6.07) is 5.47. The molecule has 3 rings (SSSR count). The van der Waals surface area contributed by atoms with Gasteiger partial charge in [-0.25, -0.2) is 0 Å². The lowest BCUT2D eigenvalue weighted by Crippen LogP contribution is -2.49. The molecule has 1 N–H and O–H groups in total. The fourth-order valence-corrected chi connectivity index (χ4v) is 4.44. The molecule has 0 bridgehead atoms. The lowest BCUT2D eigenvalue weighted by atomic mass is 10.1. The van der Waals surface area contributed by atoms with E-state index in [0.717, 1.165) is 25.7 Å². The van der Waals surface area contributed by atoms with Crippen molar-refractivity contribution in [2.45, 2.75) is 45.3 Å². The number of thiophene rings is 1. The minimum absolute atomic E-state index is 0.842. The molecular formula is C16H27N3S. The van der Waals surface area contributed by atoms with Crippen LogP contribution in [0.3, 0.4) is 0 Å². The number of piperazine rings is 1. The average Bonchev–Trinajstić information content (AvgIpc) is 3.08. The molecule has 20 heavy (non-hydrogen) atoms. The molecule has 3 heterocycles. The predicted octanol–water partition coefficient (Wildman–Crippen LogP) is 2.53. The van der Waals surface area contributed by atoms with E-state index in [9.17, 15) is 0 Å². The maximum absolute atomic E-state index is 3.49. The van der Waals surface area contributed by atoms with E-state index in [-0.39, 0.29) is 0 Å². The zero-order chi connectivity index (χ0) is 13.8. The molecule has 1 aromatic heterocycles. The van der Waals surface area contributed by atoms with Crippen molar-refractivity contribution in [1.29, 1.82) is 0 Å². The minimum atomic E-state index is 0.842. The molecule has 112 valence electrons. The summed E-state index contributed by atoms with van der Waals surface area (Å²) in [5.41, 5.74) is 0. The van der Waals surface area contributed by atoms with Gasteiger partial charge in [0.05, 0.1) is 0 Å². The van der Waals surface area contributed by atoms with Gasteiger partial charge in [0.25, 0.3) is 0 Å². The second-order valence-electron chi connectivity index (χ2n) is 6.11. The van der Waals surface area contributed by atoms with Crippen LogP contribution < -0.4 is 5.32 Å². The Morgan fingerprint density at radius 1 is 1.25 bits per heavy atom. The first-order chi connectivity index (χ1) is 9.85. The first-order valence-corrected chi connectivity index (χ1v) is 8.91. The van der Waals surface area contributed by atoms with Crippen LogP contribution >= 0.6 is 11.3 Å². The smallest absolute Gasteiger partial charge is 0.0329 e. The average molecular weight is 293 g/mol. The molecule has 0 radical (unpaired) electrons. The Labute approximate surface area is 127 Å². The molecule has 0 spiro atoms. The molecule has 2 fully saturated rings. The number of fused-ring (bicyclic) bond motifs is 1. The summed E-state index contributed by atoms with van der Waals surface area (Å²) in [6.45, 7) is 10.7. The highest BCUT2D eigenvalue weighted by atomic mass is 32.1. The van der Waals surface area contributed by atoms with E-state index in [1.807, 2.05) is 11.3 Å². The molecule has 2 aliphatic heterocycles. The number of hydrogen-bond acceptors (Lipinski definition) is 4. The fourth-order valence-electron chi connectivity index (χ4n) is 3.41. The van der Waals surface area contributed by atoms with Crippen LogP contribution in [-0.2, 0) is 13.1 Å². The highest BCUT2D eigenvalue weighted by molar-refractivity contribution is 7.11. The van der Waals surface area contributed by atoms with E-state index in [2.05, 4.69) is 34.2 Å². The number of hydrogen-bond donors (Lipinski definition) is 1. The third kappa shape index (κ3) is 3.61. The summed E-state index contributed by atoms with van der Waals surface area (Å²) in [5.74, 6) is 0. The third-order valence-corrected chi connectivity index (χ3v) is 5.56. The molecule has 2 aliphatic rings. The molecule has 1 atom stereocenters. The van der Waals surface area contributed by atoms with Crippen LogP contribution in [0.5, 0.6) is 0 Å². The first-order valence-electron chi connectivity index (χ1n) is 8.10. The molecule has 0 amide bonds. The first kappa shape index (κ1) is 14.5. The highest BCUT2D eigenvalue weighted by Crippen LogP contribution is 2.24. The Morgan fingerprint density at radius 3 is 3.05 bits per heavy atom. The summed E-state index contributed by atoms with van der Waals surface area (Å²) in [7, 11) is 0. The van der Waals surface area contributed by atoms with Gasteiger partial charge in [-0.1, -0.05) is 6.92 Å². The molecule has 0 saturated carbocycles. The summed E-state index contributed by atoms with van der Waals surface area (Å²) in [5, 5.41) is 3.49. The van der Waals surface area contributed by atoms with Gasteiger partial charge in [-0.15, -0.1) is 11.3 Å². The van der Waals surface area contributed by atoms with E-state index in [1.165, 1.54) is 55.2 Å². The normalized spacial score (nSPS) is 24.1. The SMILES string of the molecule is CCCNCc1ccc(CN2CCN3CCCC3C2)s1. The van der Waals surface area contributed by atoms with E-state index < -0.39 is 0 Å². The lowest BCUT2D eigenvalue weighted by Gasteiger charge is -2.37. The van der Waals surface area contributed by atoms with Crippen LogP contribution in [0.25, 0.3) is 0 Å². The topological polar surface area (TPSA) is 18.5 Å². The van der Waals surface area contributed by atoms with Crippen LogP contribution in [0.15, 0.2) is 12.1 Å². The second kappa shape index (κ2) is 7.03.